The normalized spacial score (nSPS) is 13.1. The van der Waals surface area contributed by atoms with E-state index in [4.69, 9.17) is 8.37 Å². The molecule has 0 aromatic carbocycles. The summed E-state index contributed by atoms with van der Waals surface area (Å²) in [7, 11) is -3.82. The van der Waals surface area contributed by atoms with E-state index in [1.807, 2.05) is 0 Å². The second kappa shape index (κ2) is 16.3. The van der Waals surface area contributed by atoms with Crippen LogP contribution in [0.15, 0.2) is 0 Å². The Hall–Kier alpha value is 0.870. The van der Waals surface area contributed by atoms with Gasteiger partial charge in [-0.05, 0) is 31.1 Å². The van der Waals surface area contributed by atoms with Crippen LogP contribution in [-0.4, -0.2) is 51.2 Å². The zero-order valence-electron chi connectivity index (χ0n) is 15.0. The van der Waals surface area contributed by atoms with Gasteiger partial charge in [0.2, 0.25) is 0 Å². The van der Waals surface area contributed by atoms with Crippen molar-refractivity contribution in [2.45, 2.75) is 85.5 Å². The van der Waals surface area contributed by atoms with Crippen LogP contribution in [0, 0.1) is 11.8 Å². The summed E-state index contributed by atoms with van der Waals surface area (Å²) in [6.45, 7) is 9.07. The molecule has 1 unspecified atom stereocenters. The predicted octanol–water partition coefficient (Wildman–Crippen LogP) is 4.44. The Morgan fingerprint density at radius 2 is 1.26 bits per heavy atom. The van der Waals surface area contributed by atoms with Gasteiger partial charge in [-0.25, -0.2) is 8.37 Å². The molecule has 0 radical (unpaired) electrons. The van der Waals surface area contributed by atoms with Gasteiger partial charge in [-0.1, -0.05) is 66.2 Å². The van der Waals surface area contributed by atoms with Crippen LogP contribution in [0.1, 0.15) is 85.5 Å². The zero-order valence-corrected chi connectivity index (χ0v) is 15.8. The average molecular weight is 361 g/mol. The zero-order chi connectivity index (χ0) is 16.8. The minimum atomic E-state index is -3.82. The Balaban J connectivity index is 0. The fourth-order valence-electron chi connectivity index (χ4n) is 2.63. The molecule has 6 heteroatoms. The molecule has 1 atom stereocenters. The standard InChI is InChI=1S/C17H36O4S.Na.H/c1-5-9-11-17(8-4)12-10-14-20-22(18,19)21-15-13-16(6-2)7-3;;/h16-17H,5-15H2,1-4H3;;. The first-order valence-corrected chi connectivity index (χ1v) is 10.4. The quantitative estimate of drug-likeness (QED) is 0.320. The molecule has 4 nitrogen and oxygen atoms in total. The second-order valence-corrected chi connectivity index (χ2v) is 7.37. The summed E-state index contributed by atoms with van der Waals surface area (Å²) in [5, 5.41) is 0. The van der Waals surface area contributed by atoms with Crippen molar-refractivity contribution >= 4 is 40.0 Å². The molecule has 0 saturated carbocycles. The number of hydrogen-bond acceptors (Lipinski definition) is 4. The molecule has 0 N–H and O–H groups in total. The number of hydrogen-bond donors (Lipinski definition) is 0. The van der Waals surface area contributed by atoms with Crippen molar-refractivity contribution in [1.82, 2.24) is 0 Å². The van der Waals surface area contributed by atoms with E-state index in [9.17, 15) is 8.42 Å². The molecule has 0 rings (SSSR count). The van der Waals surface area contributed by atoms with Crippen molar-refractivity contribution in [3.05, 3.63) is 0 Å². The molecular weight excluding hydrogens is 323 g/mol. The van der Waals surface area contributed by atoms with Gasteiger partial charge in [-0.2, -0.15) is 8.42 Å². The first-order valence-electron chi connectivity index (χ1n) is 9.02. The van der Waals surface area contributed by atoms with E-state index in [1.165, 1.54) is 19.3 Å². The molecule has 0 saturated heterocycles. The molecule has 0 heterocycles. The van der Waals surface area contributed by atoms with Crippen LogP contribution in [0.4, 0.5) is 0 Å². The summed E-state index contributed by atoms with van der Waals surface area (Å²) in [5.41, 5.74) is 0. The van der Waals surface area contributed by atoms with E-state index in [1.54, 1.807) is 0 Å². The Kier molecular flexibility index (Phi) is 18.5. The molecule has 136 valence electrons. The van der Waals surface area contributed by atoms with E-state index in [-0.39, 0.29) is 42.8 Å². The molecule has 23 heavy (non-hydrogen) atoms. The molecule has 0 fully saturated rings. The minimum absolute atomic E-state index is 0. The van der Waals surface area contributed by atoms with Crippen LogP contribution in [0.5, 0.6) is 0 Å². The molecule has 0 aliphatic heterocycles. The van der Waals surface area contributed by atoms with E-state index in [0.717, 1.165) is 38.5 Å². The van der Waals surface area contributed by atoms with E-state index < -0.39 is 10.4 Å². The summed E-state index contributed by atoms with van der Waals surface area (Å²) in [6.07, 6.45) is 9.52. The SMILES string of the molecule is CCCCC(CC)CCCOS(=O)(=O)OCCC(CC)CC.[NaH]. The average Bonchev–Trinajstić information content (AvgIpc) is 2.51. The van der Waals surface area contributed by atoms with E-state index in [0.29, 0.717) is 11.8 Å². The van der Waals surface area contributed by atoms with Gasteiger partial charge < -0.3 is 0 Å². The summed E-state index contributed by atoms with van der Waals surface area (Å²) in [6, 6.07) is 0. The Morgan fingerprint density at radius 3 is 1.78 bits per heavy atom. The monoisotopic (exact) mass is 360 g/mol. The fraction of sp³-hybridized carbons (Fsp3) is 1.00. The van der Waals surface area contributed by atoms with Crippen molar-refractivity contribution < 1.29 is 16.8 Å². The van der Waals surface area contributed by atoms with Crippen molar-refractivity contribution in [2.75, 3.05) is 13.2 Å². The number of rotatable bonds is 15. The summed E-state index contributed by atoms with van der Waals surface area (Å²) in [5.74, 6) is 1.21. The van der Waals surface area contributed by atoms with E-state index in [2.05, 4.69) is 27.7 Å². The molecule has 0 amide bonds. The van der Waals surface area contributed by atoms with Crippen LogP contribution in [0.3, 0.4) is 0 Å². The summed E-state index contributed by atoms with van der Waals surface area (Å²) < 4.78 is 33.1. The Morgan fingerprint density at radius 1 is 0.739 bits per heavy atom. The third-order valence-corrected chi connectivity index (χ3v) is 5.35. The van der Waals surface area contributed by atoms with Gasteiger partial charge in [0.25, 0.3) is 0 Å². The van der Waals surface area contributed by atoms with E-state index >= 15 is 0 Å². The maximum atomic E-state index is 11.6. The van der Waals surface area contributed by atoms with Gasteiger partial charge in [0, 0.05) is 0 Å². The van der Waals surface area contributed by atoms with Crippen LogP contribution >= 0.6 is 0 Å². The molecular formula is C17H37NaO4S. The van der Waals surface area contributed by atoms with Crippen LogP contribution in [0.2, 0.25) is 0 Å². The molecule has 0 aliphatic carbocycles. The van der Waals surface area contributed by atoms with Gasteiger partial charge >= 0.3 is 40.0 Å². The Bertz CT molecular complexity index is 343. The van der Waals surface area contributed by atoms with Crippen LogP contribution < -0.4 is 0 Å². The first-order chi connectivity index (χ1) is 10.5. The van der Waals surface area contributed by atoms with Crippen molar-refractivity contribution in [2.24, 2.45) is 11.8 Å². The molecule has 0 aromatic heterocycles. The second-order valence-electron chi connectivity index (χ2n) is 6.08. The third-order valence-electron chi connectivity index (χ3n) is 4.44. The van der Waals surface area contributed by atoms with Crippen molar-refractivity contribution in [1.29, 1.82) is 0 Å². The van der Waals surface area contributed by atoms with Gasteiger partial charge in [-0.15, -0.1) is 0 Å². The topological polar surface area (TPSA) is 52.6 Å². The van der Waals surface area contributed by atoms with Gasteiger partial charge in [-0.3, -0.25) is 0 Å². The summed E-state index contributed by atoms with van der Waals surface area (Å²) in [4.78, 5) is 0. The Labute approximate surface area is 166 Å². The van der Waals surface area contributed by atoms with Crippen LogP contribution in [-0.2, 0) is 18.8 Å². The van der Waals surface area contributed by atoms with Gasteiger partial charge in [0.15, 0.2) is 0 Å². The van der Waals surface area contributed by atoms with Gasteiger partial charge in [0.05, 0.1) is 13.2 Å². The molecule has 0 aliphatic rings. The predicted molar refractivity (Wildman–Crippen MR) is 99.2 cm³/mol. The molecule has 0 spiro atoms. The van der Waals surface area contributed by atoms with Crippen LogP contribution in [0.25, 0.3) is 0 Å². The maximum absolute atomic E-state index is 11.6. The third kappa shape index (κ3) is 14.9. The van der Waals surface area contributed by atoms with Gasteiger partial charge in [0.1, 0.15) is 0 Å². The van der Waals surface area contributed by atoms with Crippen molar-refractivity contribution in [3.63, 3.8) is 0 Å². The first kappa shape index (κ1) is 26.1. The number of unbranched alkanes of at least 4 members (excludes halogenated alkanes) is 1. The molecule has 0 bridgehead atoms. The molecule has 0 aromatic rings. The summed E-state index contributed by atoms with van der Waals surface area (Å²) >= 11 is 0. The fourth-order valence-corrected chi connectivity index (χ4v) is 3.32. The van der Waals surface area contributed by atoms with Crippen molar-refractivity contribution in [3.8, 4) is 0 Å².